The Morgan fingerprint density at radius 3 is 1.93 bits per heavy atom. The van der Waals surface area contributed by atoms with Crippen molar-refractivity contribution in [1.82, 2.24) is 15.1 Å². The summed E-state index contributed by atoms with van der Waals surface area (Å²) in [5, 5.41) is 3.23. The van der Waals surface area contributed by atoms with Crippen molar-refractivity contribution in [2.45, 2.75) is 20.3 Å². The molecular formula is C10H21N3O. The first-order valence-corrected chi connectivity index (χ1v) is 5.62. The molecule has 0 unspecified atom stereocenters. The average Bonchev–Trinajstić information content (AvgIpc) is 2.20. The molecule has 2 fully saturated rings. The molecule has 0 aromatic carbocycles. The zero-order valence-corrected chi connectivity index (χ0v) is 9.25. The number of hydrogen-bond acceptors (Lipinski definition) is 2. The van der Waals surface area contributed by atoms with E-state index in [-0.39, 0.29) is 6.03 Å². The summed E-state index contributed by atoms with van der Waals surface area (Å²) in [6.45, 7) is 9.55. The molecule has 2 amide bonds. The van der Waals surface area contributed by atoms with Crippen LogP contribution in [0.5, 0.6) is 0 Å². The van der Waals surface area contributed by atoms with Crippen LogP contribution in [-0.2, 0) is 0 Å². The molecule has 4 heteroatoms. The Kier molecular flexibility index (Phi) is 4.73. The Morgan fingerprint density at radius 1 is 1.00 bits per heavy atom. The van der Waals surface area contributed by atoms with Gasteiger partial charge in [0.25, 0.3) is 0 Å². The lowest BCUT2D eigenvalue weighted by Crippen LogP contribution is -2.54. The van der Waals surface area contributed by atoms with E-state index in [4.69, 9.17) is 0 Å². The van der Waals surface area contributed by atoms with Gasteiger partial charge in [0.1, 0.15) is 0 Å². The molecule has 0 aliphatic carbocycles. The van der Waals surface area contributed by atoms with Gasteiger partial charge in [0.05, 0.1) is 0 Å². The maximum absolute atomic E-state index is 11.6. The zero-order valence-electron chi connectivity index (χ0n) is 9.25. The highest BCUT2D eigenvalue weighted by Crippen LogP contribution is 2.09. The Labute approximate surface area is 86.2 Å². The number of urea groups is 1. The van der Waals surface area contributed by atoms with Gasteiger partial charge in [0.2, 0.25) is 0 Å². The maximum atomic E-state index is 11.6. The minimum Gasteiger partial charge on any atom is -0.325 e. The van der Waals surface area contributed by atoms with Crippen LogP contribution < -0.4 is 5.32 Å². The second-order valence-electron chi connectivity index (χ2n) is 3.36. The van der Waals surface area contributed by atoms with Crippen molar-refractivity contribution in [3.8, 4) is 0 Å². The summed E-state index contributed by atoms with van der Waals surface area (Å²) in [5.41, 5.74) is 0. The van der Waals surface area contributed by atoms with Crippen molar-refractivity contribution >= 4 is 6.03 Å². The second kappa shape index (κ2) is 5.86. The van der Waals surface area contributed by atoms with Crippen LogP contribution in [0.15, 0.2) is 0 Å². The van der Waals surface area contributed by atoms with Crippen molar-refractivity contribution in [2.24, 2.45) is 0 Å². The van der Waals surface area contributed by atoms with E-state index < -0.39 is 0 Å². The quantitative estimate of drug-likeness (QED) is 0.624. The number of carbonyl (C=O) groups is 1. The lowest BCUT2D eigenvalue weighted by molar-refractivity contribution is 0.122. The number of rotatable bonds is 0. The third-order valence-corrected chi connectivity index (χ3v) is 2.51. The monoisotopic (exact) mass is 199 g/mol. The van der Waals surface area contributed by atoms with Gasteiger partial charge in [-0.05, 0) is 6.42 Å². The van der Waals surface area contributed by atoms with E-state index in [2.05, 4.69) is 5.32 Å². The summed E-state index contributed by atoms with van der Waals surface area (Å²) in [6.07, 6.45) is 1.18. The molecule has 2 aliphatic rings. The van der Waals surface area contributed by atoms with Crippen LogP contribution in [0.4, 0.5) is 4.79 Å². The fourth-order valence-corrected chi connectivity index (χ4v) is 1.56. The van der Waals surface area contributed by atoms with Gasteiger partial charge in [0.15, 0.2) is 0 Å². The van der Waals surface area contributed by atoms with Gasteiger partial charge in [-0.3, -0.25) is 0 Å². The van der Waals surface area contributed by atoms with Crippen molar-refractivity contribution in [1.29, 1.82) is 0 Å². The molecule has 2 heterocycles. The van der Waals surface area contributed by atoms with E-state index in [0.29, 0.717) is 0 Å². The van der Waals surface area contributed by atoms with Crippen LogP contribution in [0, 0.1) is 0 Å². The zero-order chi connectivity index (χ0) is 10.4. The fraction of sp³-hybridized carbons (Fsp3) is 0.900. The number of nitrogens with zero attached hydrogens (tertiary/aromatic N) is 2. The summed E-state index contributed by atoms with van der Waals surface area (Å²) in [4.78, 5) is 15.5. The van der Waals surface area contributed by atoms with E-state index in [1.165, 1.54) is 6.42 Å². The lowest BCUT2D eigenvalue weighted by atomic mass is 10.2. The minimum atomic E-state index is 0.239. The van der Waals surface area contributed by atoms with E-state index in [0.717, 1.165) is 39.3 Å². The van der Waals surface area contributed by atoms with Crippen LogP contribution in [0.25, 0.3) is 0 Å². The number of nitrogens with one attached hydrogen (secondary N) is 1. The number of amides is 2. The molecule has 1 N–H and O–H groups in total. The molecule has 4 nitrogen and oxygen atoms in total. The minimum absolute atomic E-state index is 0.239. The maximum Gasteiger partial charge on any atom is 0.320 e. The number of hydrogen-bond donors (Lipinski definition) is 1. The van der Waals surface area contributed by atoms with Crippen molar-refractivity contribution in [3.05, 3.63) is 0 Å². The first-order chi connectivity index (χ1) is 6.88. The van der Waals surface area contributed by atoms with Gasteiger partial charge >= 0.3 is 6.03 Å². The molecule has 82 valence electrons. The number of likely N-dealkylation sites (tertiary alicyclic amines) is 1. The predicted octanol–water partition coefficient (Wildman–Crippen LogP) is 0.744. The lowest BCUT2D eigenvalue weighted by Gasteiger charge is -2.37. The Morgan fingerprint density at radius 2 is 1.50 bits per heavy atom. The molecule has 0 bridgehead atoms. The van der Waals surface area contributed by atoms with E-state index in [9.17, 15) is 4.79 Å². The summed E-state index contributed by atoms with van der Waals surface area (Å²) in [6, 6.07) is 0.239. The Bertz CT molecular complexity index is 174. The third kappa shape index (κ3) is 2.61. The van der Waals surface area contributed by atoms with E-state index >= 15 is 0 Å². The first-order valence-electron chi connectivity index (χ1n) is 5.62. The topological polar surface area (TPSA) is 35.6 Å². The molecular weight excluding hydrogens is 178 g/mol. The molecule has 0 radical (unpaired) electrons. The van der Waals surface area contributed by atoms with Crippen LogP contribution >= 0.6 is 0 Å². The van der Waals surface area contributed by atoms with Crippen LogP contribution in [0.3, 0.4) is 0 Å². The van der Waals surface area contributed by atoms with Crippen molar-refractivity contribution < 1.29 is 4.79 Å². The van der Waals surface area contributed by atoms with Gasteiger partial charge < -0.3 is 15.1 Å². The van der Waals surface area contributed by atoms with Crippen LogP contribution in [0.1, 0.15) is 20.3 Å². The fourth-order valence-electron chi connectivity index (χ4n) is 1.56. The summed E-state index contributed by atoms with van der Waals surface area (Å²) < 4.78 is 0. The highest BCUT2D eigenvalue weighted by atomic mass is 16.2. The summed E-state index contributed by atoms with van der Waals surface area (Å²) in [7, 11) is 0. The van der Waals surface area contributed by atoms with Crippen LogP contribution in [0.2, 0.25) is 0 Å². The normalized spacial score (nSPS) is 20.7. The molecule has 0 atom stereocenters. The molecule has 0 spiro atoms. The van der Waals surface area contributed by atoms with E-state index in [1.807, 2.05) is 23.6 Å². The van der Waals surface area contributed by atoms with Gasteiger partial charge in [-0.15, -0.1) is 0 Å². The van der Waals surface area contributed by atoms with E-state index in [1.54, 1.807) is 0 Å². The number of piperazine rings is 1. The van der Waals surface area contributed by atoms with Gasteiger partial charge in [-0.2, -0.15) is 0 Å². The molecule has 2 aliphatic heterocycles. The summed E-state index contributed by atoms with van der Waals surface area (Å²) >= 11 is 0. The molecule has 2 saturated heterocycles. The molecule has 0 saturated carbocycles. The summed E-state index contributed by atoms with van der Waals surface area (Å²) in [5.74, 6) is 0. The van der Waals surface area contributed by atoms with Crippen LogP contribution in [-0.4, -0.2) is 55.1 Å². The molecule has 0 aromatic heterocycles. The smallest absolute Gasteiger partial charge is 0.320 e. The SMILES string of the molecule is CC.O=C(N1CCC1)N1CCNCC1. The van der Waals surface area contributed by atoms with Crippen molar-refractivity contribution in [3.63, 3.8) is 0 Å². The molecule has 14 heavy (non-hydrogen) atoms. The van der Waals surface area contributed by atoms with Gasteiger partial charge in [-0.1, -0.05) is 13.8 Å². The first kappa shape index (κ1) is 11.3. The van der Waals surface area contributed by atoms with Gasteiger partial charge in [-0.25, -0.2) is 4.79 Å². The van der Waals surface area contributed by atoms with Gasteiger partial charge in [0, 0.05) is 39.3 Å². The molecule has 0 aromatic rings. The predicted molar refractivity (Wildman–Crippen MR) is 57.4 cm³/mol. The highest BCUT2D eigenvalue weighted by Gasteiger charge is 2.25. The second-order valence-corrected chi connectivity index (χ2v) is 3.36. The molecule has 2 rings (SSSR count). The Hall–Kier alpha value is -0.770. The average molecular weight is 199 g/mol. The third-order valence-electron chi connectivity index (χ3n) is 2.51. The standard InChI is InChI=1S/C8H15N3O.C2H6/c12-8(10-4-1-5-10)11-6-2-9-3-7-11;1-2/h9H,1-7H2;1-2H3. The highest BCUT2D eigenvalue weighted by molar-refractivity contribution is 5.75. The Balaban J connectivity index is 0.000000461. The van der Waals surface area contributed by atoms with Crippen molar-refractivity contribution in [2.75, 3.05) is 39.3 Å². The number of carbonyl (C=O) groups excluding carboxylic acids is 1. The largest absolute Gasteiger partial charge is 0.325 e.